The number of carbonyl (C=O) groups is 2. The molecule has 4 aliphatic carbocycles. The number of carbonyl (C=O) groups excluding carboxylic acids is 2. The summed E-state index contributed by atoms with van der Waals surface area (Å²) >= 11 is 0. The number of benzene rings is 2. The molecule has 2 aromatic carbocycles. The lowest BCUT2D eigenvalue weighted by atomic mass is 9.42. The van der Waals surface area contributed by atoms with Crippen molar-refractivity contribution in [1.29, 1.82) is 0 Å². The van der Waals surface area contributed by atoms with Crippen molar-refractivity contribution in [3.63, 3.8) is 0 Å². The first kappa shape index (κ1) is 33.4. The van der Waals surface area contributed by atoms with E-state index in [2.05, 4.69) is 27.7 Å². The molecule has 2 heterocycles. The Bertz CT molecular complexity index is 1560. The molecule has 8 heteroatoms. The summed E-state index contributed by atoms with van der Waals surface area (Å²) in [6.45, 7) is 9.85. The Hall–Kier alpha value is -2.78. The molecule has 6 aliphatic rings. The van der Waals surface area contributed by atoms with E-state index in [4.69, 9.17) is 18.9 Å². The second-order valence-corrected chi connectivity index (χ2v) is 17.0. The zero-order valence-corrected chi connectivity index (χ0v) is 29.3. The lowest BCUT2D eigenvalue weighted by Crippen LogP contribution is -2.71. The molecule has 2 N–H and O–H groups in total. The van der Waals surface area contributed by atoms with Crippen molar-refractivity contribution in [3.05, 3.63) is 71.8 Å². The van der Waals surface area contributed by atoms with E-state index in [9.17, 15) is 19.8 Å². The summed E-state index contributed by atoms with van der Waals surface area (Å²) in [7, 11) is 0. The number of ether oxygens (including phenoxy) is 4. The normalized spacial score (nSPS) is 47.0. The minimum absolute atomic E-state index is 0.00912. The van der Waals surface area contributed by atoms with Gasteiger partial charge in [0.05, 0.1) is 35.5 Å². The van der Waals surface area contributed by atoms with Gasteiger partial charge in [-0.05, 0) is 97.8 Å². The standard InChI is InChI=1S/C41H52O8/c1-24-15-18-41(46-23-24)25(2)35-31(49-41)20-30-28-19-34(42)40(45)22-33(48-37(44)27-13-9-6-10-14-27)32(47-36(43)26-11-7-5-8-12-26)21-39(40,4)29(28)16-17-38(30,35)3/h5-14,24-25,28-35,42,45H,15-23H2,1-4H3/t24-,25-,28+,29+,30+,31-,32+,33+,34+,35+,38-,39+,40+,41-/m0/s1. The van der Waals surface area contributed by atoms with Crippen LogP contribution in [0.4, 0.5) is 0 Å². The van der Waals surface area contributed by atoms with Crippen LogP contribution in [0.3, 0.4) is 0 Å². The molecule has 264 valence electrons. The zero-order chi connectivity index (χ0) is 34.3. The topological polar surface area (TPSA) is 112 Å². The van der Waals surface area contributed by atoms with Crippen LogP contribution in [0.15, 0.2) is 60.7 Å². The van der Waals surface area contributed by atoms with E-state index in [1.165, 1.54) is 0 Å². The number of aliphatic hydroxyl groups excluding tert-OH is 1. The maximum atomic E-state index is 13.5. The Labute approximate surface area is 289 Å². The molecule has 0 bridgehead atoms. The molecule has 8 nitrogen and oxygen atoms in total. The molecular weight excluding hydrogens is 620 g/mol. The Kier molecular flexibility index (Phi) is 8.10. The highest BCUT2D eigenvalue weighted by atomic mass is 16.7. The van der Waals surface area contributed by atoms with Crippen LogP contribution in [0.5, 0.6) is 0 Å². The van der Waals surface area contributed by atoms with E-state index in [1.807, 2.05) is 12.1 Å². The maximum absolute atomic E-state index is 13.5. The molecule has 0 aromatic heterocycles. The van der Waals surface area contributed by atoms with Crippen LogP contribution in [0, 0.1) is 46.3 Å². The second kappa shape index (κ2) is 11.9. The Morgan fingerprint density at radius 2 is 1.43 bits per heavy atom. The van der Waals surface area contributed by atoms with Crippen molar-refractivity contribution in [2.24, 2.45) is 46.3 Å². The fourth-order valence-corrected chi connectivity index (χ4v) is 12.1. The summed E-state index contributed by atoms with van der Waals surface area (Å²) in [6, 6.07) is 17.5. The molecular formula is C41H52O8. The summed E-state index contributed by atoms with van der Waals surface area (Å²) in [6.07, 6.45) is 3.05. The third-order valence-corrected chi connectivity index (χ3v) is 14.6. The highest BCUT2D eigenvalue weighted by Gasteiger charge is 2.73. The first-order chi connectivity index (χ1) is 23.4. The number of aliphatic hydroxyl groups is 2. The molecule has 8 rings (SSSR count). The molecule has 0 radical (unpaired) electrons. The van der Waals surface area contributed by atoms with Gasteiger partial charge in [0.2, 0.25) is 0 Å². The molecule has 0 unspecified atom stereocenters. The van der Waals surface area contributed by atoms with Gasteiger partial charge < -0.3 is 29.2 Å². The Balaban J connectivity index is 1.08. The molecule has 14 atom stereocenters. The molecule has 0 amide bonds. The lowest BCUT2D eigenvalue weighted by molar-refractivity contribution is -0.286. The van der Waals surface area contributed by atoms with Gasteiger partial charge in [-0.25, -0.2) is 9.59 Å². The predicted molar refractivity (Wildman–Crippen MR) is 181 cm³/mol. The van der Waals surface area contributed by atoms with Crippen LogP contribution in [0.25, 0.3) is 0 Å². The summed E-state index contributed by atoms with van der Waals surface area (Å²) in [4.78, 5) is 26.8. The average molecular weight is 673 g/mol. The number of rotatable bonds is 4. The van der Waals surface area contributed by atoms with E-state index >= 15 is 0 Å². The second-order valence-electron chi connectivity index (χ2n) is 17.0. The highest BCUT2D eigenvalue weighted by Crippen LogP contribution is 2.72. The highest BCUT2D eigenvalue weighted by molar-refractivity contribution is 5.90. The van der Waals surface area contributed by atoms with Crippen LogP contribution in [0.2, 0.25) is 0 Å². The number of hydrogen-bond acceptors (Lipinski definition) is 8. The van der Waals surface area contributed by atoms with Gasteiger partial charge in [0.25, 0.3) is 0 Å². The zero-order valence-electron chi connectivity index (χ0n) is 29.3. The van der Waals surface area contributed by atoms with Crippen molar-refractivity contribution in [2.45, 2.75) is 115 Å². The molecule has 49 heavy (non-hydrogen) atoms. The smallest absolute Gasteiger partial charge is 0.338 e. The molecule has 2 saturated heterocycles. The van der Waals surface area contributed by atoms with E-state index in [0.29, 0.717) is 35.3 Å². The van der Waals surface area contributed by atoms with Gasteiger partial charge in [-0.15, -0.1) is 0 Å². The van der Waals surface area contributed by atoms with Gasteiger partial charge in [0, 0.05) is 24.2 Å². The van der Waals surface area contributed by atoms with Crippen LogP contribution in [0.1, 0.15) is 99.8 Å². The maximum Gasteiger partial charge on any atom is 0.338 e. The van der Waals surface area contributed by atoms with Gasteiger partial charge in [-0.1, -0.05) is 64.1 Å². The third kappa shape index (κ3) is 5.06. The van der Waals surface area contributed by atoms with Crippen LogP contribution in [-0.4, -0.2) is 64.6 Å². The van der Waals surface area contributed by atoms with Crippen molar-refractivity contribution in [1.82, 2.24) is 0 Å². The SMILES string of the molecule is C[C@H]1CC[C@]2(OC1)O[C@H]1C[C@@H]3[C@@H]4C[C@@H](O)[C@]5(O)C[C@@H](OC(=O)c6ccccc6)[C@H](OC(=O)c6ccccc6)C[C@]5(C)[C@@H]4CC[C@]3(C)[C@@H]1[C@@H]2C. The summed E-state index contributed by atoms with van der Waals surface area (Å²) in [5.74, 6) is 0.296. The van der Waals surface area contributed by atoms with E-state index < -0.39 is 47.1 Å². The fraction of sp³-hybridized carbons (Fsp3) is 0.659. The molecule has 4 saturated carbocycles. The molecule has 1 spiro atoms. The van der Waals surface area contributed by atoms with Gasteiger partial charge in [0.15, 0.2) is 5.79 Å². The first-order valence-corrected chi connectivity index (χ1v) is 18.6. The summed E-state index contributed by atoms with van der Waals surface area (Å²) < 4.78 is 25.7. The van der Waals surface area contributed by atoms with Crippen molar-refractivity contribution < 1.29 is 38.7 Å². The monoisotopic (exact) mass is 672 g/mol. The van der Waals surface area contributed by atoms with E-state index in [1.54, 1.807) is 48.5 Å². The van der Waals surface area contributed by atoms with Crippen molar-refractivity contribution in [2.75, 3.05) is 6.61 Å². The van der Waals surface area contributed by atoms with Crippen molar-refractivity contribution >= 4 is 11.9 Å². The summed E-state index contributed by atoms with van der Waals surface area (Å²) in [5.41, 5.74) is -1.47. The third-order valence-electron chi connectivity index (χ3n) is 14.6. The minimum atomic E-state index is -1.52. The minimum Gasteiger partial charge on any atom is -0.455 e. The van der Waals surface area contributed by atoms with Crippen LogP contribution >= 0.6 is 0 Å². The fourth-order valence-electron chi connectivity index (χ4n) is 12.1. The predicted octanol–water partition coefficient (Wildman–Crippen LogP) is 6.58. The van der Waals surface area contributed by atoms with Gasteiger partial charge in [0.1, 0.15) is 12.2 Å². The Morgan fingerprint density at radius 3 is 2.02 bits per heavy atom. The lowest BCUT2D eigenvalue weighted by Gasteiger charge is -2.66. The van der Waals surface area contributed by atoms with Gasteiger partial charge >= 0.3 is 11.9 Å². The number of hydrogen-bond donors (Lipinski definition) is 2. The largest absolute Gasteiger partial charge is 0.455 e. The average Bonchev–Trinajstić information content (AvgIpc) is 3.54. The van der Waals surface area contributed by atoms with Crippen molar-refractivity contribution in [3.8, 4) is 0 Å². The summed E-state index contributed by atoms with van der Waals surface area (Å²) in [5, 5.41) is 24.7. The van der Waals surface area contributed by atoms with E-state index in [-0.39, 0.29) is 42.1 Å². The van der Waals surface area contributed by atoms with Crippen LogP contribution in [-0.2, 0) is 18.9 Å². The first-order valence-electron chi connectivity index (χ1n) is 18.6. The van der Waals surface area contributed by atoms with E-state index in [0.717, 1.165) is 38.7 Å². The van der Waals surface area contributed by atoms with Gasteiger partial charge in [-0.2, -0.15) is 0 Å². The van der Waals surface area contributed by atoms with Crippen LogP contribution < -0.4 is 0 Å². The molecule has 2 aromatic rings. The molecule has 2 aliphatic heterocycles. The number of esters is 2. The molecule has 6 fully saturated rings. The Morgan fingerprint density at radius 1 is 0.816 bits per heavy atom. The number of fused-ring (bicyclic) bond motifs is 7. The van der Waals surface area contributed by atoms with Gasteiger partial charge in [-0.3, -0.25) is 0 Å². The quantitative estimate of drug-likeness (QED) is 0.351.